The van der Waals surface area contributed by atoms with E-state index in [0.29, 0.717) is 28.6 Å². The van der Waals surface area contributed by atoms with Crippen molar-refractivity contribution in [1.29, 1.82) is 0 Å². The topological polar surface area (TPSA) is 43.4 Å². The molecule has 1 aromatic rings. The van der Waals surface area contributed by atoms with Gasteiger partial charge in [0.05, 0.1) is 5.56 Å². The summed E-state index contributed by atoms with van der Waals surface area (Å²) in [5.41, 5.74) is 0.972. The Labute approximate surface area is 174 Å². The predicted octanol–water partition coefficient (Wildman–Crippen LogP) is 5.82. The third-order valence-electron chi connectivity index (χ3n) is 9.61. The van der Waals surface area contributed by atoms with E-state index in [-0.39, 0.29) is 17.5 Å². The number of hydrogen-bond acceptors (Lipinski definition) is 3. The number of ketones is 1. The van der Waals surface area contributed by atoms with Gasteiger partial charge in [0.2, 0.25) is 0 Å². The SMILES string of the molecule is C[C@]12CC[C@@H](OC(=O)c3ccccc3)C[C@@H]1CC[C@@H]1[C@@H]2CC[C@]2(C)C(=O)CC[C@@H]12. The molecule has 0 aromatic heterocycles. The van der Waals surface area contributed by atoms with Gasteiger partial charge in [0.15, 0.2) is 0 Å². The number of hydrogen-bond donors (Lipinski definition) is 0. The molecule has 0 bridgehead atoms. The van der Waals surface area contributed by atoms with Crippen molar-refractivity contribution in [2.75, 3.05) is 0 Å². The van der Waals surface area contributed by atoms with Crippen molar-refractivity contribution in [2.45, 2.75) is 77.7 Å². The maximum atomic E-state index is 12.6. The Kier molecular flexibility index (Phi) is 4.64. The summed E-state index contributed by atoms with van der Waals surface area (Å²) in [7, 11) is 0. The quantitative estimate of drug-likeness (QED) is 0.593. The zero-order chi connectivity index (χ0) is 20.2. The molecule has 0 heterocycles. The van der Waals surface area contributed by atoms with Crippen molar-refractivity contribution in [2.24, 2.45) is 34.5 Å². The van der Waals surface area contributed by atoms with Crippen molar-refractivity contribution in [3.63, 3.8) is 0 Å². The molecule has 1 aromatic carbocycles. The van der Waals surface area contributed by atoms with Gasteiger partial charge >= 0.3 is 5.97 Å². The normalized spacial score (nSPS) is 43.8. The van der Waals surface area contributed by atoms with Crippen LogP contribution in [0.5, 0.6) is 0 Å². The molecular formula is C26H34O3. The van der Waals surface area contributed by atoms with Crippen LogP contribution in [0.1, 0.15) is 82.0 Å². The molecule has 0 saturated heterocycles. The maximum Gasteiger partial charge on any atom is 0.338 e. The molecule has 4 aliphatic carbocycles. The largest absolute Gasteiger partial charge is 0.459 e. The number of fused-ring (bicyclic) bond motifs is 5. The predicted molar refractivity (Wildman–Crippen MR) is 112 cm³/mol. The summed E-state index contributed by atoms with van der Waals surface area (Å²) in [5.74, 6) is 3.09. The second-order valence-corrected chi connectivity index (χ2v) is 10.7. The summed E-state index contributed by atoms with van der Waals surface area (Å²) >= 11 is 0. The fourth-order valence-electron chi connectivity index (χ4n) is 7.89. The third-order valence-corrected chi connectivity index (χ3v) is 9.61. The van der Waals surface area contributed by atoms with E-state index >= 15 is 0 Å². The summed E-state index contributed by atoms with van der Waals surface area (Å²) in [5, 5.41) is 0. The minimum absolute atomic E-state index is 0.0349. The van der Waals surface area contributed by atoms with Gasteiger partial charge in [-0.1, -0.05) is 32.0 Å². The molecule has 3 nitrogen and oxygen atoms in total. The standard InChI is InChI=1S/C26H34O3/c1-25-14-12-19(29-24(28)17-6-4-3-5-7-17)16-18(25)8-9-20-21-10-11-23(27)26(21,2)15-13-22(20)25/h3-7,18-22H,8-16H2,1-2H3/t18-,19+,20-,21-,22-,25-,26-/m0/s1. The van der Waals surface area contributed by atoms with Crippen LogP contribution in [-0.2, 0) is 9.53 Å². The highest BCUT2D eigenvalue weighted by atomic mass is 16.5. The highest BCUT2D eigenvalue weighted by Gasteiger charge is 2.60. The van der Waals surface area contributed by atoms with Crippen LogP contribution in [0.3, 0.4) is 0 Å². The Morgan fingerprint density at radius 1 is 0.966 bits per heavy atom. The van der Waals surface area contributed by atoms with E-state index in [0.717, 1.165) is 50.4 Å². The number of benzene rings is 1. The van der Waals surface area contributed by atoms with Gasteiger partial charge in [0, 0.05) is 11.8 Å². The summed E-state index contributed by atoms with van der Waals surface area (Å²) in [4.78, 5) is 25.1. The van der Waals surface area contributed by atoms with Crippen molar-refractivity contribution < 1.29 is 14.3 Å². The molecule has 0 radical (unpaired) electrons. The lowest BCUT2D eigenvalue weighted by atomic mass is 9.45. The number of ether oxygens (including phenoxy) is 1. The Bertz CT molecular complexity index is 801. The lowest BCUT2D eigenvalue weighted by Crippen LogP contribution is -2.54. The molecule has 4 aliphatic rings. The minimum Gasteiger partial charge on any atom is -0.459 e. The molecule has 5 rings (SSSR count). The van der Waals surface area contributed by atoms with E-state index < -0.39 is 0 Å². The van der Waals surface area contributed by atoms with Gasteiger partial charge in [-0.2, -0.15) is 0 Å². The van der Waals surface area contributed by atoms with Crippen molar-refractivity contribution in [1.82, 2.24) is 0 Å². The molecule has 0 aliphatic heterocycles. The smallest absolute Gasteiger partial charge is 0.338 e. The first kappa shape index (κ1) is 19.3. The van der Waals surface area contributed by atoms with Gasteiger partial charge in [-0.3, -0.25) is 4.79 Å². The number of rotatable bonds is 2. The van der Waals surface area contributed by atoms with E-state index in [4.69, 9.17) is 4.74 Å². The van der Waals surface area contributed by atoms with E-state index in [1.165, 1.54) is 19.3 Å². The first-order chi connectivity index (χ1) is 13.9. The molecule has 3 heteroatoms. The molecule has 29 heavy (non-hydrogen) atoms. The summed E-state index contributed by atoms with van der Waals surface area (Å²) in [6, 6.07) is 9.37. The second kappa shape index (κ2) is 6.96. The van der Waals surface area contributed by atoms with Crippen LogP contribution in [0, 0.1) is 34.5 Å². The number of carbonyl (C=O) groups is 2. The van der Waals surface area contributed by atoms with Crippen LogP contribution < -0.4 is 0 Å². The second-order valence-electron chi connectivity index (χ2n) is 10.7. The van der Waals surface area contributed by atoms with Crippen LogP contribution >= 0.6 is 0 Å². The molecule has 4 saturated carbocycles. The van der Waals surface area contributed by atoms with Gasteiger partial charge in [0.1, 0.15) is 11.9 Å². The van der Waals surface area contributed by atoms with Crippen LogP contribution in [0.15, 0.2) is 30.3 Å². The van der Waals surface area contributed by atoms with Crippen LogP contribution in [0.25, 0.3) is 0 Å². The van der Waals surface area contributed by atoms with E-state index in [1.54, 1.807) is 0 Å². The lowest BCUT2D eigenvalue weighted by Gasteiger charge is -2.60. The Balaban J connectivity index is 1.29. The summed E-state index contributed by atoms with van der Waals surface area (Å²) in [6.45, 7) is 4.78. The van der Waals surface area contributed by atoms with Crippen molar-refractivity contribution in [3.8, 4) is 0 Å². The van der Waals surface area contributed by atoms with Crippen molar-refractivity contribution >= 4 is 11.8 Å². The fraction of sp³-hybridized carbons (Fsp3) is 0.692. The average molecular weight is 395 g/mol. The number of Topliss-reactive ketones (excluding diaryl/α,β-unsaturated/α-hetero) is 1. The Morgan fingerprint density at radius 2 is 1.76 bits per heavy atom. The minimum atomic E-state index is -0.175. The molecule has 0 N–H and O–H groups in total. The van der Waals surface area contributed by atoms with Crippen LogP contribution in [0.2, 0.25) is 0 Å². The van der Waals surface area contributed by atoms with E-state index in [2.05, 4.69) is 13.8 Å². The van der Waals surface area contributed by atoms with Gasteiger partial charge in [-0.15, -0.1) is 0 Å². The highest BCUT2D eigenvalue weighted by molar-refractivity contribution is 5.89. The van der Waals surface area contributed by atoms with Crippen molar-refractivity contribution in [3.05, 3.63) is 35.9 Å². The molecule has 156 valence electrons. The number of esters is 1. The average Bonchev–Trinajstić information content (AvgIpc) is 3.03. The molecule has 0 spiro atoms. The zero-order valence-electron chi connectivity index (χ0n) is 17.9. The van der Waals surface area contributed by atoms with Gasteiger partial charge in [-0.25, -0.2) is 4.79 Å². The molecule has 7 atom stereocenters. The van der Waals surface area contributed by atoms with Crippen LogP contribution in [0.4, 0.5) is 0 Å². The zero-order valence-corrected chi connectivity index (χ0v) is 17.9. The van der Waals surface area contributed by atoms with Gasteiger partial charge in [0.25, 0.3) is 0 Å². The summed E-state index contributed by atoms with van der Waals surface area (Å²) in [6.07, 6.45) is 9.93. The monoisotopic (exact) mass is 394 g/mol. The first-order valence-corrected chi connectivity index (χ1v) is 11.7. The van der Waals surface area contributed by atoms with E-state index in [1.807, 2.05) is 30.3 Å². The van der Waals surface area contributed by atoms with Gasteiger partial charge < -0.3 is 4.74 Å². The summed E-state index contributed by atoms with van der Waals surface area (Å²) < 4.78 is 5.92. The number of carbonyl (C=O) groups excluding carboxylic acids is 2. The molecule has 4 fully saturated rings. The van der Waals surface area contributed by atoms with Crippen LogP contribution in [-0.4, -0.2) is 17.9 Å². The Hall–Kier alpha value is -1.64. The molecular weight excluding hydrogens is 360 g/mol. The third kappa shape index (κ3) is 2.99. The van der Waals surface area contributed by atoms with E-state index in [9.17, 15) is 9.59 Å². The molecule has 0 amide bonds. The maximum absolute atomic E-state index is 12.6. The molecule has 0 unspecified atom stereocenters. The highest BCUT2D eigenvalue weighted by Crippen LogP contribution is 2.65. The Morgan fingerprint density at radius 3 is 2.55 bits per heavy atom. The van der Waals surface area contributed by atoms with Gasteiger partial charge in [-0.05, 0) is 92.6 Å². The first-order valence-electron chi connectivity index (χ1n) is 11.7. The fourth-order valence-corrected chi connectivity index (χ4v) is 7.89. The lowest BCUT2D eigenvalue weighted by molar-refractivity contribution is -0.142.